The van der Waals surface area contributed by atoms with Gasteiger partial charge in [-0.2, -0.15) is 0 Å². The average Bonchev–Trinajstić information content (AvgIpc) is 3.30. The molecule has 2 aromatic heterocycles. The molecule has 1 N–H and O–H groups in total. The lowest BCUT2D eigenvalue weighted by atomic mass is 9.96. The first-order valence-corrected chi connectivity index (χ1v) is 12.5. The highest BCUT2D eigenvalue weighted by Crippen LogP contribution is 2.31. The van der Waals surface area contributed by atoms with E-state index in [-0.39, 0.29) is 0 Å². The molecule has 1 aliphatic heterocycles. The molecular weight excluding hydrogens is 484 g/mol. The van der Waals surface area contributed by atoms with Crippen LogP contribution in [0, 0.1) is 0 Å². The zero-order valence-corrected chi connectivity index (χ0v) is 20.8. The van der Waals surface area contributed by atoms with Crippen molar-refractivity contribution in [2.24, 2.45) is 0 Å². The Morgan fingerprint density at radius 1 is 1.14 bits per heavy atom. The van der Waals surface area contributed by atoms with Crippen molar-refractivity contribution in [3.63, 3.8) is 0 Å². The van der Waals surface area contributed by atoms with Crippen LogP contribution in [0.5, 0.6) is 0 Å². The van der Waals surface area contributed by atoms with Crippen LogP contribution >= 0.6 is 22.9 Å². The number of rotatable bonds is 5. The van der Waals surface area contributed by atoms with Gasteiger partial charge in [-0.1, -0.05) is 48.0 Å². The first kappa shape index (κ1) is 23.4. The van der Waals surface area contributed by atoms with Gasteiger partial charge in [-0.25, -0.2) is 9.78 Å². The van der Waals surface area contributed by atoms with Gasteiger partial charge in [0.05, 0.1) is 16.8 Å². The Bertz CT molecular complexity index is 1440. The van der Waals surface area contributed by atoms with E-state index < -0.39 is 18.0 Å². The number of halogens is 1. The number of likely N-dealkylation sites (N-methyl/N-ethyl adjacent to an activating group) is 1. The molecule has 0 spiro atoms. The van der Waals surface area contributed by atoms with Gasteiger partial charge >= 0.3 is 5.97 Å². The lowest BCUT2D eigenvalue weighted by Gasteiger charge is -2.27. The predicted octanol–water partition coefficient (Wildman–Crippen LogP) is 5.18. The zero-order valence-electron chi connectivity index (χ0n) is 19.2. The molecule has 4 aromatic rings. The van der Waals surface area contributed by atoms with Crippen molar-refractivity contribution in [3.05, 3.63) is 75.8 Å². The molecule has 1 amide bonds. The largest absolute Gasteiger partial charge is 0.449 e. The smallest absolute Gasteiger partial charge is 0.339 e. The number of hydrogen-bond acceptors (Lipinski definition) is 7. The average molecular weight is 507 g/mol. The van der Waals surface area contributed by atoms with E-state index in [0.717, 1.165) is 40.7 Å². The minimum absolute atomic E-state index is 0.404. The summed E-state index contributed by atoms with van der Waals surface area (Å²) in [6.45, 7) is 3.02. The topological polar surface area (TPSA) is 84.4 Å². The number of nitrogens with zero attached hydrogens (tertiary/aromatic N) is 3. The second-order valence-electron chi connectivity index (χ2n) is 8.47. The summed E-state index contributed by atoms with van der Waals surface area (Å²) < 4.78 is 5.65. The van der Waals surface area contributed by atoms with Crippen LogP contribution in [0.25, 0.3) is 22.2 Å². The fourth-order valence-corrected chi connectivity index (χ4v) is 5.11. The maximum Gasteiger partial charge on any atom is 0.339 e. The zero-order chi connectivity index (χ0) is 24.5. The number of thiazole rings is 1. The molecule has 2 aromatic carbocycles. The Hall–Kier alpha value is -3.33. The third-order valence-corrected chi connectivity index (χ3v) is 7.07. The van der Waals surface area contributed by atoms with Crippen LogP contribution in [-0.2, 0) is 22.5 Å². The van der Waals surface area contributed by atoms with Crippen LogP contribution in [0.3, 0.4) is 0 Å². The van der Waals surface area contributed by atoms with Crippen molar-refractivity contribution in [1.82, 2.24) is 14.9 Å². The van der Waals surface area contributed by atoms with Gasteiger partial charge in [0.25, 0.3) is 5.91 Å². The van der Waals surface area contributed by atoms with Gasteiger partial charge < -0.3 is 9.64 Å². The van der Waals surface area contributed by atoms with E-state index in [2.05, 4.69) is 15.2 Å². The van der Waals surface area contributed by atoms with Crippen LogP contribution in [0.2, 0.25) is 5.02 Å². The number of anilines is 1. The Morgan fingerprint density at radius 3 is 2.74 bits per heavy atom. The van der Waals surface area contributed by atoms with Crippen molar-refractivity contribution in [1.29, 1.82) is 0 Å². The first-order valence-electron chi connectivity index (χ1n) is 11.2. The van der Waals surface area contributed by atoms with E-state index >= 15 is 0 Å². The summed E-state index contributed by atoms with van der Waals surface area (Å²) in [6.07, 6.45) is -0.260. The SMILES string of the molecule is CC(OC(=O)c1c2c(nc3ccccc13)CCN(C)C2)C(=O)Nc1nc(-c2ccccc2Cl)cs1. The minimum atomic E-state index is -1.01. The molecule has 5 rings (SSSR count). The number of carbonyl (C=O) groups is 2. The van der Waals surface area contributed by atoms with E-state index in [1.807, 2.05) is 54.9 Å². The summed E-state index contributed by atoms with van der Waals surface area (Å²) >= 11 is 7.53. The summed E-state index contributed by atoms with van der Waals surface area (Å²) in [4.78, 5) is 37.5. The molecule has 9 heteroatoms. The Morgan fingerprint density at radius 2 is 1.91 bits per heavy atom. The monoisotopic (exact) mass is 506 g/mol. The van der Waals surface area contributed by atoms with Gasteiger partial charge in [0.1, 0.15) is 0 Å². The van der Waals surface area contributed by atoms with Gasteiger partial charge in [0, 0.05) is 52.1 Å². The van der Waals surface area contributed by atoms with Crippen molar-refractivity contribution in [2.75, 3.05) is 18.9 Å². The van der Waals surface area contributed by atoms with Gasteiger partial charge in [-0.3, -0.25) is 15.1 Å². The summed E-state index contributed by atoms with van der Waals surface area (Å²) in [6, 6.07) is 14.9. The van der Waals surface area contributed by atoms with E-state index in [4.69, 9.17) is 21.3 Å². The molecule has 7 nitrogen and oxygen atoms in total. The van der Waals surface area contributed by atoms with E-state index in [0.29, 0.717) is 28.0 Å². The molecule has 0 bridgehead atoms. The molecule has 0 fully saturated rings. The van der Waals surface area contributed by atoms with Crippen LogP contribution in [-0.4, -0.2) is 46.4 Å². The molecule has 0 radical (unpaired) electrons. The number of ether oxygens (including phenoxy) is 1. The van der Waals surface area contributed by atoms with Gasteiger partial charge in [0.15, 0.2) is 11.2 Å². The fraction of sp³-hybridized carbons (Fsp3) is 0.231. The fourth-order valence-electron chi connectivity index (χ4n) is 4.16. The summed E-state index contributed by atoms with van der Waals surface area (Å²) in [5.41, 5.74) is 4.44. The quantitative estimate of drug-likeness (QED) is 0.375. The van der Waals surface area contributed by atoms with Crippen molar-refractivity contribution in [3.8, 4) is 11.3 Å². The number of fused-ring (bicyclic) bond motifs is 2. The van der Waals surface area contributed by atoms with Gasteiger partial charge in [-0.15, -0.1) is 11.3 Å². The number of benzene rings is 2. The second-order valence-corrected chi connectivity index (χ2v) is 9.74. The lowest BCUT2D eigenvalue weighted by molar-refractivity contribution is -0.123. The number of hydrogen-bond donors (Lipinski definition) is 1. The van der Waals surface area contributed by atoms with Crippen molar-refractivity contribution < 1.29 is 14.3 Å². The third-order valence-electron chi connectivity index (χ3n) is 5.98. The number of amides is 1. The molecule has 0 aliphatic carbocycles. The van der Waals surface area contributed by atoms with Crippen LogP contribution in [0.15, 0.2) is 53.9 Å². The van der Waals surface area contributed by atoms with Crippen LogP contribution in [0.1, 0.15) is 28.5 Å². The number of para-hydroxylation sites is 1. The van der Waals surface area contributed by atoms with Gasteiger partial charge in [0.2, 0.25) is 0 Å². The predicted molar refractivity (Wildman–Crippen MR) is 138 cm³/mol. The van der Waals surface area contributed by atoms with Crippen molar-refractivity contribution in [2.45, 2.75) is 26.0 Å². The number of nitrogens with one attached hydrogen (secondary N) is 1. The minimum Gasteiger partial charge on any atom is -0.449 e. The highest BCUT2D eigenvalue weighted by atomic mass is 35.5. The standard InChI is InChI=1S/C26H23ClN4O3S/c1-15(24(32)30-26-29-22(14-35-26)16-7-3-5-9-19(16)27)34-25(33)23-17-8-4-6-10-20(17)28-21-11-12-31(2)13-18(21)23/h3-10,14-15H,11-13H2,1-2H3,(H,29,30,32). The third kappa shape index (κ3) is 4.77. The van der Waals surface area contributed by atoms with Crippen molar-refractivity contribution >= 4 is 50.8 Å². The second kappa shape index (κ2) is 9.73. The highest BCUT2D eigenvalue weighted by molar-refractivity contribution is 7.14. The Balaban J connectivity index is 1.35. The molecule has 35 heavy (non-hydrogen) atoms. The highest BCUT2D eigenvalue weighted by Gasteiger charge is 2.28. The number of pyridine rings is 1. The molecule has 0 saturated heterocycles. The van der Waals surface area contributed by atoms with E-state index in [1.54, 1.807) is 13.0 Å². The molecular formula is C26H23ClN4O3S. The normalized spacial score (nSPS) is 14.4. The molecule has 1 aliphatic rings. The maximum atomic E-state index is 13.4. The summed E-state index contributed by atoms with van der Waals surface area (Å²) in [5.74, 6) is -0.989. The number of aromatic nitrogens is 2. The Labute approximate surface area is 211 Å². The maximum absolute atomic E-state index is 13.4. The molecule has 1 unspecified atom stereocenters. The Kier molecular flexibility index (Phi) is 6.51. The first-order chi connectivity index (χ1) is 16.9. The molecule has 0 saturated carbocycles. The molecule has 3 heterocycles. The van der Waals surface area contributed by atoms with Gasteiger partial charge in [-0.05, 0) is 26.1 Å². The van der Waals surface area contributed by atoms with E-state index in [1.165, 1.54) is 11.3 Å². The molecule has 178 valence electrons. The van der Waals surface area contributed by atoms with Crippen LogP contribution < -0.4 is 5.32 Å². The lowest BCUT2D eigenvalue weighted by Crippen LogP contribution is -2.32. The summed E-state index contributed by atoms with van der Waals surface area (Å²) in [5, 5.41) is 6.27. The van der Waals surface area contributed by atoms with Crippen LogP contribution in [0.4, 0.5) is 5.13 Å². The van der Waals surface area contributed by atoms with E-state index in [9.17, 15) is 9.59 Å². The number of carbonyl (C=O) groups excluding carboxylic acids is 2. The number of esters is 1. The molecule has 1 atom stereocenters. The summed E-state index contributed by atoms with van der Waals surface area (Å²) in [7, 11) is 2.01.